The zero-order chi connectivity index (χ0) is 13.8. The van der Waals surface area contributed by atoms with E-state index in [0.717, 1.165) is 3.57 Å². The minimum Gasteiger partial charge on any atom is -0.308 e. The second-order valence-corrected chi connectivity index (χ2v) is 5.63. The number of hydrogen-bond donors (Lipinski definition) is 2. The number of rotatable bonds is 2. The Bertz CT molecular complexity index is 604. The summed E-state index contributed by atoms with van der Waals surface area (Å²) in [7, 11) is 0. The lowest BCUT2D eigenvalue weighted by Crippen LogP contribution is -2.20. The predicted octanol–water partition coefficient (Wildman–Crippen LogP) is 4.64. The fourth-order valence-electron chi connectivity index (χ4n) is 1.30. The van der Waals surface area contributed by atoms with Crippen molar-refractivity contribution in [3.63, 3.8) is 0 Å². The van der Waals surface area contributed by atoms with E-state index in [0.29, 0.717) is 21.6 Å². The van der Waals surface area contributed by atoms with Crippen molar-refractivity contribution in [2.45, 2.75) is 0 Å². The smallest absolute Gasteiger partial charge is 0.308 e. The number of carbonyl (C=O) groups excluding carboxylic acids is 1. The first-order chi connectivity index (χ1) is 9.04. The quantitative estimate of drug-likeness (QED) is 0.712. The van der Waals surface area contributed by atoms with Gasteiger partial charge in [-0.1, -0.05) is 23.2 Å². The molecule has 0 aliphatic rings. The molecule has 0 bridgehead atoms. The van der Waals surface area contributed by atoms with Crippen LogP contribution in [0.3, 0.4) is 0 Å². The molecule has 1 aromatic carbocycles. The van der Waals surface area contributed by atoms with Crippen LogP contribution in [0.25, 0.3) is 0 Å². The van der Waals surface area contributed by atoms with Crippen molar-refractivity contribution in [1.29, 1.82) is 0 Å². The lowest BCUT2D eigenvalue weighted by Gasteiger charge is -2.07. The van der Waals surface area contributed by atoms with Gasteiger partial charge in [0.1, 0.15) is 5.82 Å². The molecule has 19 heavy (non-hydrogen) atoms. The Labute approximate surface area is 133 Å². The number of amides is 2. The normalized spacial score (nSPS) is 10.1. The SMILES string of the molecule is O=C(Nc1ccc(Cl)c(Cl)c1)Nc1ccc(I)cn1. The Morgan fingerprint density at radius 3 is 2.53 bits per heavy atom. The van der Waals surface area contributed by atoms with E-state index in [1.807, 2.05) is 6.07 Å². The average Bonchev–Trinajstić information content (AvgIpc) is 2.37. The number of hydrogen-bond acceptors (Lipinski definition) is 2. The lowest BCUT2D eigenvalue weighted by atomic mass is 10.3. The van der Waals surface area contributed by atoms with Crippen molar-refractivity contribution >= 4 is 63.3 Å². The molecular formula is C12H8Cl2IN3O. The summed E-state index contributed by atoms with van der Waals surface area (Å²) < 4.78 is 0.994. The van der Waals surface area contributed by atoms with Gasteiger partial charge in [-0.05, 0) is 52.9 Å². The summed E-state index contributed by atoms with van der Waals surface area (Å²) >= 11 is 13.8. The van der Waals surface area contributed by atoms with Gasteiger partial charge < -0.3 is 5.32 Å². The molecule has 2 amide bonds. The van der Waals surface area contributed by atoms with Gasteiger partial charge in [-0.15, -0.1) is 0 Å². The molecule has 2 aromatic rings. The molecule has 7 heteroatoms. The zero-order valence-corrected chi connectivity index (χ0v) is 13.1. The molecule has 0 fully saturated rings. The highest BCUT2D eigenvalue weighted by molar-refractivity contribution is 14.1. The first kappa shape index (κ1) is 14.4. The highest BCUT2D eigenvalue weighted by Gasteiger charge is 2.05. The molecule has 2 rings (SSSR count). The summed E-state index contributed by atoms with van der Waals surface area (Å²) in [6.45, 7) is 0. The zero-order valence-electron chi connectivity index (χ0n) is 9.45. The monoisotopic (exact) mass is 407 g/mol. The van der Waals surface area contributed by atoms with Crippen LogP contribution in [0.2, 0.25) is 10.0 Å². The van der Waals surface area contributed by atoms with Gasteiger partial charge in [0, 0.05) is 15.5 Å². The van der Waals surface area contributed by atoms with Crippen LogP contribution in [0, 0.1) is 3.57 Å². The first-order valence-corrected chi connectivity index (χ1v) is 7.02. The molecule has 0 unspecified atom stereocenters. The summed E-state index contributed by atoms with van der Waals surface area (Å²) in [5, 5.41) is 6.07. The third-order valence-electron chi connectivity index (χ3n) is 2.15. The van der Waals surface area contributed by atoms with Crippen LogP contribution in [0.4, 0.5) is 16.3 Å². The molecule has 98 valence electrons. The van der Waals surface area contributed by atoms with Crippen LogP contribution in [0.1, 0.15) is 0 Å². The second kappa shape index (κ2) is 6.40. The van der Waals surface area contributed by atoms with Crippen molar-refractivity contribution in [2.24, 2.45) is 0 Å². The van der Waals surface area contributed by atoms with Gasteiger partial charge in [0.25, 0.3) is 0 Å². The van der Waals surface area contributed by atoms with Gasteiger partial charge in [0.05, 0.1) is 10.0 Å². The number of nitrogens with zero attached hydrogens (tertiary/aromatic N) is 1. The van der Waals surface area contributed by atoms with E-state index in [2.05, 4.69) is 38.2 Å². The van der Waals surface area contributed by atoms with Crippen molar-refractivity contribution in [1.82, 2.24) is 4.98 Å². The Morgan fingerprint density at radius 1 is 1.11 bits per heavy atom. The Morgan fingerprint density at radius 2 is 1.89 bits per heavy atom. The van der Waals surface area contributed by atoms with E-state index in [4.69, 9.17) is 23.2 Å². The molecule has 0 atom stereocenters. The number of pyridine rings is 1. The number of carbonyl (C=O) groups is 1. The average molecular weight is 408 g/mol. The van der Waals surface area contributed by atoms with Gasteiger partial charge in [0.15, 0.2) is 0 Å². The third-order valence-corrected chi connectivity index (χ3v) is 3.52. The fraction of sp³-hybridized carbons (Fsp3) is 0. The molecule has 1 heterocycles. The highest BCUT2D eigenvalue weighted by atomic mass is 127. The van der Waals surface area contributed by atoms with Crippen molar-refractivity contribution in [3.05, 3.63) is 50.1 Å². The third kappa shape index (κ3) is 4.22. The number of anilines is 2. The van der Waals surface area contributed by atoms with Crippen LogP contribution in [0.5, 0.6) is 0 Å². The maximum Gasteiger partial charge on any atom is 0.324 e. The van der Waals surface area contributed by atoms with Crippen molar-refractivity contribution in [2.75, 3.05) is 10.6 Å². The van der Waals surface area contributed by atoms with E-state index in [1.165, 1.54) is 0 Å². The Balaban J connectivity index is 2.01. The second-order valence-electron chi connectivity index (χ2n) is 3.57. The number of aromatic nitrogens is 1. The summed E-state index contributed by atoms with van der Waals surface area (Å²) in [6.07, 6.45) is 1.66. The molecule has 2 N–H and O–H groups in total. The number of urea groups is 1. The summed E-state index contributed by atoms with van der Waals surface area (Å²) in [5.41, 5.74) is 0.553. The van der Waals surface area contributed by atoms with Gasteiger partial charge in [0.2, 0.25) is 0 Å². The number of nitrogens with one attached hydrogen (secondary N) is 2. The van der Waals surface area contributed by atoms with E-state index in [-0.39, 0.29) is 0 Å². The van der Waals surface area contributed by atoms with Crippen LogP contribution in [-0.4, -0.2) is 11.0 Å². The van der Waals surface area contributed by atoms with Crippen LogP contribution in [-0.2, 0) is 0 Å². The molecule has 0 radical (unpaired) electrons. The van der Waals surface area contributed by atoms with Gasteiger partial charge in [-0.2, -0.15) is 0 Å². The first-order valence-electron chi connectivity index (χ1n) is 5.19. The summed E-state index contributed by atoms with van der Waals surface area (Å²) in [6, 6.07) is 8.02. The van der Waals surface area contributed by atoms with Crippen molar-refractivity contribution in [3.8, 4) is 0 Å². The van der Waals surface area contributed by atoms with Crippen LogP contribution in [0.15, 0.2) is 36.5 Å². The van der Waals surface area contributed by atoms with E-state index < -0.39 is 6.03 Å². The number of benzene rings is 1. The van der Waals surface area contributed by atoms with E-state index in [1.54, 1.807) is 30.5 Å². The molecule has 1 aromatic heterocycles. The van der Waals surface area contributed by atoms with E-state index >= 15 is 0 Å². The maximum absolute atomic E-state index is 11.7. The minimum absolute atomic E-state index is 0.381. The van der Waals surface area contributed by atoms with Crippen LogP contribution >= 0.6 is 45.8 Å². The van der Waals surface area contributed by atoms with E-state index in [9.17, 15) is 4.79 Å². The maximum atomic E-state index is 11.7. The van der Waals surface area contributed by atoms with Crippen molar-refractivity contribution < 1.29 is 4.79 Å². The van der Waals surface area contributed by atoms with Gasteiger partial charge in [-0.25, -0.2) is 9.78 Å². The predicted molar refractivity (Wildman–Crippen MR) is 86.1 cm³/mol. The molecule has 0 aliphatic carbocycles. The largest absolute Gasteiger partial charge is 0.324 e. The fourth-order valence-corrected chi connectivity index (χ4v) is 1.92. The molecule has 0 spiro atoms. The lowest BCUT2D eigenvalue weighted by molar-refractivity contribution is 0.262. The molecular weight excluding hydrogens is 400 g/mol. The van der Waals surface area contributed by atoms with Gasteiger partial charge >= 0.3 is 6.03 Å². The molecule has 0 aliphatic heterocycles. The van der Waals surface area contributed by atoms with Gasteiger partial charge in [-0.3, -0.25) is 5.32 Å². The highest BCUT2D eigenvalue weighted by Crippen LogP contribution is 2.25. The standard InChI is InChI=1S/C12H8Cl2IN3O/c13-9-3-2-8(5-10(9)14)17-12(19)18-11-4-1-7(15)6-16-11/h1-6H,(H2,16,17,18,19). The summed E-state index contributed by atoms with van der Waals surface area (Å²) in [4.78, 5) is 15.8. The Hall–Kier alpha value is -1.05. The molecule has 4 nitrogen and oxygen atoms in total. The topological polar surface area (TPSA) is 54.0 Å². The number of halogens is 3. The van der Waals surface area contributed by atoms with Crippen LogP contribution < -0.4 is 10.6 Å². The Kier molecular flexibility index (Phi) is 4.84. The summed E-state index contributed by atoms with van der Waals surface area (Å²) in [5.74, 6) is 0.470. The molecule has 0 saturated carbocycles. The minimum atomic E-state index is -0.396. The molecule has 0 saturated heterocycles.